The van der Waals surface area contributed by atoms with Gasteiger partial charge in [0, 0.05) is 13.2 Å². The molecule has 1 unspecified atom stereocenters. The number of nitrogens with one attached hydrogen (secondary N) is 2. The SMILES string of the molecule is CC(C)Oc1cccc(C2(C)CNCN2)c1. The van der Waals surface area contributed by atoms with E-state index < -0.39 is 0 Å². The molecule has 1 aliphatic heterocycles. The van der Waals surface area contributed by atoms with E-state index in [0.29, 0.717) is 0 Å². The lowest BCUT2D eigenvalue weighted by Gasteiger charge is -2.24. The van der Waals surface area contributed by atoms with Crippen LogP contribution in [0.15, 0.2) is 24.3 Å². The molecule has 2 N–H and O–H groups in total. The highest BCUT2D eigenvalue weighted by molar-refractivity contribution is 5.34. The topological polar surface area (TPSA) is 33.3 Å². The van der Waals surface area contributed by atoms with Gasteiger partial charge >= 0.3 is 0 Å². The lowest BCUT2D eigenvalue weighted by Crippen LogP contribution is -2.35. The Morgan fingerprint density at radius 3 is 2.81 bits per heavy atom. The van der Waals surface area contributed by atoms with Crippen LogP contribution in [0.1, 0.15) is 26.3 Å². The third-order valence-corrected chi connectivity index (χ3v) is 2.93. The molecule has 1 aromatic rings. The summed E-state index contributed by atoms with van der Waals surface area (Å²) in [6.07, 6.45) is 0.220. The van der Waals surface area contributed by atoms with Gasteiger partial charge in [-0.05, 0) is 38.5 Å². The molecule has 0 bridgehead atoms. The number of rotatable bonds is 3. The quantitative estimate of drug-likeness (QED) is 0.815. The number of hydrogen-bond acceptors (Lipinski definition) is 3. The lowest BCUT2D eigenvalue weighted by molar-refractivity contribution is 0.241. The molecule has 1 heterocycles. The molecule has 0 aliphatic carbocycles. The fourth-order valence-corrected chi connectivity index (χ4v) is 2.02. The van der Waals surface area contributed by atoms with Gasteiger partial charge in [-0.2, -0.15) is 0 Å². The van der Waals surface area contributed by atoms with E-state index in [1.165, 1.54) is 5.56 Å². The maximum atomic E-state index is 5.71. The molecule has 1 aliphatic rings. The summed E-state index contributed by atoms with van der Waals surface area (Å²) in [5, 5.41) is 6.78. The second-order valence-corrected chi connectivity index (χ2v) is 4.81. The van der Waals surface area contributed by atoms with Crippen LogP contribution in [-0.4, -0.2) is 19.3 Å². The minimum atomic E-state index is 0.0242. The zero-order valence-corrected chi connectivity index (χ0v) is 10.2. The highest BCUT2D eigenvalue weighted by Gasteiger charge is 2.29. The summed E-state index contributed by atoms with van der Waals surface area (Å²) in [7, 11) is 0. The molecular weight excluding hydrogens is 200 g/mol. The average Bonchev–Trinajstić information content (AvgIpc) is 2.66. The van der Waals surface area contributed by atoms with E-state index in [1.54, 1.807) is 0 Å². The maximum absolute atomic E-state index is 5.71. The number of benzene rings is 1. The predicted octanol–water partition coefficient (Wildman–Crippen LogP) is 1.84. The Hall–Kier alpha value is -1.06. The van der Waals surface area contributed by atoms with Crippen molar-refractivity contribution in [3.05, 3.63) is 29.8 Å². The molecule has 2 rings (SSSR count). The maximum Gasteiger partial charge on any atom is 0.120 e. The van der Waals surface area contributed by atoms with Crippen LogP contribution in [0.2, 0.25) is 0 Å². The largest absolute Gasteiger partial charge is 0.491 e. The van der Waals surface area contributed by atoms with Crippen molar-refractivity contribution in [2.24, 2.45) is 0 Å². The zero-order valence-electron chi connectivity index (χ0n) is 10.2. The van der Waals surface area contributed by atoms with Gasteiger partial charge in [-0.15, -0.1) is 0 Å². The molecule has 1 aromatic carbocycles. The molecule has 1 fully saturated rings. The second kappa shape index (κ2) is 4.44. The Kier molecular flexibility index (Phi) is 3.17. The van der Waals surface area contributed by atoms with Crippen LogP contribution in [0.5, 0.6) is 5.75 Å². The first-order chi connectivity index (χ1) is 7.60. The van der Waals surface area contributed by atoms with Gasteiger partial charge in [-0.3, -0.25) is 5.32 Å². The van der Waals surface area contributed by atoms with Crippen LogP contribution in [-0.2, 0) is 5.54 Å². The van der Waals surface area contributed by atoms with Crippen LogP contribution >= 0.6 is 0 Å². The predicted molar refractivity (Wildman–Crippen MR) is 65.6 cm³/mol. The Morgan fingerprint density at radius 1 is 1.38 bits per heavy atom. The van der Waals surface area contributed by atoms with E-state index >= 15 is 0 Å². The minimum Gasteiger partial charge on any atom is -0.491 e. The van der Waals surface area contributed by atoms with Gasteiger partial charge < -0.3 is 10.1 Å². The minimum absolute atomic E-state index is 0.0242. The second-order valence-electron chi connectivity index (χ2n) is 4.81. The van der Waals surface area contributed by atoms with Crippen LogP contribution in [0, 0.1) is 0 Å². The summed E-state index contributed by atoms with van der Waals surface area (Å²) in [4.78, 5) is 0. The van der Waals surface area contributed by atoms with E-state index in [1.807, 2.05) is 19.9 Å². The Morgan fingerprint density at radius 2 is 2.19 bits per heavy atom. The first-order valence-electron chi connectivity index (χ1n) is 5.83. The van der Waals surface area contributed by atoms with Crippen molar-refractivity contribution in [3.8, 4) is 5.75 Å². The molecule has 3 heteroatoms. The van der Waals surface area contributed by atoms with E-state index in [2.05, 4.69) is 35.8 Å². The van der Waals surface area contributed by atoms with Gasteiger partial charge in [0.25, 0.3) is 0 Å². The average molecular weight is 220 g/mol. The highest BCUT2D eigenvalue weighted by Crippen LogP contribution is 2.26. The molecule has 1 atom stereocenters. The first-order valence-corrected chi connectivity index (χ1v) is 5.83. The summed E-state index contributed by atoms with van der Waals surface area (Å²) in [6.45, 7) is 8.12. The Labute approximate surface area is 97.2 Å². The van der Waals surface area contributed by atoms with Gasteiger partial charge in [0.2, 0.25) is 0 Å². The van der Waals surface area contributed by atoms with E-state index in [4.69, 9.17) is 4.74 Å². The van der Waals surface area contributed by atoms with Crippen molar-refractivity contribution in [1.29, 1.82) is 0 Å². The number of hydrogen-bond donors (Lipinski definition) is 2. The van der Waals surface area contributed by atoms with E-state index in [0.717, 1.165) is 19.0 Å². The fraction of sp³-hybridized carbons (Fsp3) is 0.538. The number of ether oxygens (including phenoxy) is 1. The van der Waals surface area contributed by atoms with E-state index in [9.17, 15) is 0 Å². The summed E-state index contributed by atoms with van der Waals surface area (Å²) >= 11 is 0. The van der Waals surface area contributed by atoms with Gasteiger partial charge in [-0.1, -0.05) is 12.1 Å². The molecule has 0 amide bonds. The van der Waals surface area contributed by atoms with Crippen LogP contribution in [0.4, 0.5) is 0 Å². The van der Waals surface area contributed by atoms with E-state index in [-0.39, 0.29) is 11.6 Å². The normalized spacial score (nSPS) is 25.0. The van der Waals surface area contributed by atoms with Gasteiger partial charge in [0.15, 0.2) is 0 Å². The van der Waals surface area contributed by atoms with Crippen LogP contribution in [0.3, 0.4) is 0 Å². The molecule has 0 spiro atoms. The van der Waals surface area contributed by atoms with Crippen molar-refractivity contribution in [1.82, 2.24) is 10.6 Å². The Balaban J connectivity index is 2.21. The molecule has 0 radical (unpaired) electrons. The zero-order chi connectivity index (χ0) is 11.6. The Bertz CT molecular complexity index is 357. The molecule has 88 valence electrons. The highest BCUT2D eigenvalue weighted by atomic mass is 16.5. The summed E-state index contributed by atoms with van der Waals surface area (Å²) in [6, 6.07) is 8.33. The smallest absolute Gasteiger partial charge is 0.120 e. The van der Waals surface area contributed by atoms with Crippen molar-refractivity contribution in [2.75, 3.05) is 13.2 Å². The van der Waals surface area contributed by atoms with Crippen molar-refractivity contribution in [3.63, 3.8) is 0 Å². The van der Waals surface area contributed by atoms with Gasteiger partial charge in [0.05, 0.1) is 11.6 Å². The lowest BCUT2D eigenvalue weighted by atomic mass is 9.93. The monoisotopic (exact) mass is 220 g/mol. The van der Waals surface area contributed by atoms with Crippen LogP contribution in [0.25, 0.3) is 0 Å². The van der Waals surface area contributed by atoms with Crippen molar-refractivity contribution < 1.29 is 4.74 Å². The van der Waals surface area contributed by atoms with Crippen LogP contribution < -0.4 is 15.4 Å². The third kappa shape index (κ3) is 2.36. The summed E-state index contributed by atoms with van der Waals surface area (Å²) < 4.78 is 5.71. The molecule has 16 heavy (non-hydrogen) atoms. The van der Waals surface area contributed by atoms with Crippen molar-refractivity contribution >= 4 is 0 Å². The van der Waals surface area contributed by atoms with Gasteiger partial charge in [0.1, 0.15) is 5.75 Å². The van der Waals surface area contributed by atoms with Gasteiger partial charge in [-0.25, -0.2) is 0 Å². The third-order valence-electron chi connectivity index (χ3n) is 2.93. The summed E-state index contributed by atoms with van der Waals surface area (Å²) in [5.74, 6) is 0.947. The fourth-order valence-electron chi connectivity index (χ4n) is 2.02. The molecule has 0 aromatic heterocycles. The first kappa shape index (κ1) is 11.4. The molecule has 0 saturated carbocycles. The molecule has 1 saturated heterocycles. The molecular formula is C13H20N2O. The molecule has 3 nitrogen and oxygen atoms in total. The van der Waals surface area contributed by atoms with Crippen molar-refractivity contribution in [2.45, 2.75) is 32.4 Å². The summed E-state index contributed by atoms with van der Waals surface area (Å²) in [5.41, 5.74) is 1.30. The standard InChI is InChI=1S/C13H20N2O/c1-10(2)16-12-6-4-5-11(7-12)13(3)8-14-9-15-13/h4-7,10,14-15H,8-9H2,1-3H3.